The van der Waals surface area contributed by atoms with Crippen molar-refractivity contribution in [1.82, 2.24) is 5.32 Å². The van der Waals surface area contributed by atoms with Gasteiger partial charge in [0.25, 0.3) is 5.91 Å². The standard InChI is InChI=1S/C20H25NO4/c1-14-5-6-19(11-15(14)2)25-13-20(22)21-16(3)12-24-18-9-7-17(23-4)8-10-18/h5-11,16H,12-13H2,1-4H3,(H,21,22)/t16-/m1/s1. The minimum absolute atomic E-state index is 0.0185. The molecule has 2 rings (SSSR count). The number of amides is 1. The van der Waals surface area contributed by atoms with E-state index in [-0.39, 0.29) is 18.6 Å². The maximum Gasteiger partial charge on any atom is 0.258 e. The Labute approximate surface area is 148 Å². The molecule has 1 atom stereocenters. The van der Waals surface area contributed by atoms with E-state index in [4.69, 9.17) is 14.2 Å². The van der Waals surface area contributed by atoms with Crippen LogP contribution in [0.5, 0.6) is 17.2 Å². The van der Waals surface area contributed by atoms with Gasteiger partial charge in [-0.15, -0.1) is 0 Å². The molecule has 0 fully saturated rings. The molecule has 0 heterocycles. The molecule has 0 saturated heterocycles. The second kappa shape index (κ2) is 8.97. The van der Waals surface area contributed by atoms with Crippen molar-refractivity contribution in [2.45, 2.75) is 26.8 Å². The Morgan fingerprint density at radius 3 is 2.24 bits per heavy atom. The Kier molecular flexibility index (Phi) is 6.69. The Balaban J connectivity index is 1.72. The van der Waals surface area contributed by atoms with Gasteiger partial charge < -0.3 is 19.5 Å². The van der Waals surface area contributed by atoms with Crippen molar-refractivity contribution in [3.63, 3.8) is 0 Å². The largest absolute Gasteiger partial charge is 0.497 e. The van der Waals surface area contributed by atoms with Crippen molar-refractivity contribution in [2.24, 2.45) is 0 Å². The molecule has 0 bridgehead atoms. The monoisotopic (exact) mass is 343 g/mol. The van der Waals surface area contributed by atoms with Gasteiger partial charge in [0.1, 0.15) is 23.9 Å². The Morgan fingerprint density at radius 1 is 0.960 bits per heavy atom. The molecule has 134 valence electrons. The summed E-state index contributed by atoms with van der Waals surface area (Å²) in [5.41, 5.74) is 2.33. The molecule has 1 amide bonds. The van der Waals surface area contributed by atoms with Gasteiger partial charge in [0, 0.05) is 0 Å². The first-order chi connectivity index (χ1) is 12.0. The summed E-state index contributed by atoms with van der Waals surface area (Å²) in [6.07, 6.45) is 0. The molecule has 2 aromatic carbocycles. The third kappa shape index (κ3) is 6.03. The number of hydrogen-bond donors (Lipinski definition) is 1. The van der Waals surface area contributed by atoms with E-state index in [0.717, 1.165) is 17.1 Å². The van der Waals surface area contributed by atoms with Gasteiger partial charge in [-0.2, -0.15) is 0 Å². The molecule has 25 heavy (non-hydrogen) atoms. The Hall–Kier alpha value is -2.69. The van der Waals surface area contributed by atoms with Crippen molar-refractivity contribution in [3.8, 4) is 17.2 Å². The van der Waals surface area contributed by atoms with Gasteiger partial charge in [0.15, 0.2) is 6.61 Å². The highest BCUT2D eigenvalue weighted by molar-refractivity contribution is 5.77. The fourth-order valence-corrected chi connectivity index (χ4v) is 2.20. The zero-order chi connectivity index (χ0) is 18.2. The van der Waals surface area contributed by atoms with Gasteiger partial charge in [-0.3, -0.25) is 4.79 Å². The summed E-state index contributed by atoms with van der Waals surface area (Å²) in [5.74, 6) is 2.02. The van der Waals surface area contributed by atoms with E-state index >= 15 is 0 Å². The van der Waals surface area contributed by atoms with Crippen LogP contribution in [0.3, 0.4) is 0 Å². The minimum Gasteiger partial charge on any atom is -0.497 e. The van der Waals surface area contributed by atoms with Gasteiger partial charge in [0.05, 0.1) is 13.2 Å². The van der Waals surface area contributed by atoms with Crippen LogP contribution in [-0.2, 0) is 4.79 Å². The molecule has 0 spiro atoms. The molecule has 0 radical (unpaired) electrons. The third-order valence-electron chi connectivity index (χ3n) is 3.82. The highest BCUT2D eigenvalue weighted by atomic mass is 16.5. The summed E-state index contributed by atoms with van der Waals surface area (Å²) in [6.45, 7) is 6.30. The summed E-state index contributed by atoms with van der Waals surface area (Å²) in [6, 6.07) is 13.0. The van der Waals surface area contributed by atoms with Crippen LogP contribution in [-0.4, -0.2) is 32.3 Å². The van der Waals surface area contributed by atoms with Crippen LogP contribution in [0.4, 0.5) is 0 Å². The predicted molar refractivity (Wildman–Crippen MR) is 97.5 cm³/mol. The molecular formula is C20H25NO4. The van der Waals surface area contributed by atoms with E-state index < -0.39 is 0 Å². The maximum atomic E-state index is 12.0. The van der Waals surface area contributed by atoms with Crippen molar-refractivity contribution >= 4 is 5.91 Å². The van der Waals surface area contributed by atoms with E-state index in [2.05, 4.69) is 5.32 Å². The average Bonchev–Trinajstić information content (AvgIpc) is 2.61. The highest BCUT2D eigenvalue weighted by Gasteiger charge is 2.09. The first-order valence-electron chi connectivity index (χ1n) is 8.24. The van der Waals surface area contributed by atoms with Gasteiger partial charge in [-0.25, -0.2) is 0 Å². The van der Waals surface area contributed by atoms with Crippen molar-refractivity contribution in [1.29, 1.82) is 0 Å². The van der Waals surface area contributed by atoms with Crippen molar-refractivity contribution in [3.05, 3.63) is 53.6 Å². The number of hydrogen-bond acceptors (Lipinski definition) is 4. The lowest BCUT2D eigenvalue weighted by Gasteiger charge is -2.15. The molecular weight excluding hydrogens is 318 g/mol. The third-order valence-corrected chi connectivity index (χ3v) is 3.82. The molecule has 0 aliphatic rings. The fourth-order valence-electron chi connectivity index (χ4n) is 2.20. The molecule has 0 aliphatic carbocycles. The minimum atomic E-state index is -0.177. The van der Waals surface area contributed by atoms with E-state index in [1.54, 1.807) is 7.11 Å². The summed E-state index contributed by atoms with van der Waals surface area (Å²) in [5, 5.41) is 2.86. The average molecular weight is 343 g/mol. The number of nitrogens with one attached hydrogen (secondary N) is 1. The van der Waals surface area contributed by atoms with Gasteiger partial charge in [-0.05, 0) is 68.3 Å². The fraction of sp³-hybridized carbons (Fsp3) is 0.350. The van der Waals surface area contributed by atoms with Gasteiger partial charge >= 0.3 is 0 Å². The lowest BCUT2D eigenvalue weighted by molar-refractivity contribution is -0.123. The number of methoxy groups -OCH3 is 1. The Morgan fingerprint density at radius 2 is 1.60 bits per heavy atom. The van der Waals surface area contributed by atoms with Crippen LogP contribution in [0, 0.1) is 13.8 Å². The zero-order valence-electron chi connectivity index (χ0n) is 15.2. The molecule has 0 aromatic heterocycles. The number of carbonyl (C=O) groups is 1. The first kappa shape index (κ1) is 18.6. The lowest BCUT2D eigenvalue weighted by Crippen LogP contribution is -2.39. The predicted octanol–water partition coefficient (Wildman–Crippen LogP) is 3.27. The number of benzene rings is 2. The van der Waals surface area contributed by atoms with E-state index in [0.29, 0.717) is 12.4 Å². The van der Waals surface area contributed by atoms with Crippen LogP contribution in [0.2, 0.25) is 0 Å². The molecule has 0 aliphatic heterocycles. The van der Waals surface area contributed by atoms with Gasteiger partial charge in [0.2, 0.25) is 0 Å². The topological polar surface area (TPSA) is 56.8 Å². The van der Waals surface area contributed by atoms with Crippen LogP contribution >= 0.6 is 0 Å². The highest BCUT2D eigenvalue weighted by Crippen LogP contribution is 2.17. The van der Waals surface area contributed by atoms with Crippen LogP contribution in [0.25, 0.3) is 0 Å². The normalized spacial score (nSPS) is 11.5. The molecule has 5 nitrogen and oxygen atoms in total. The summed E-state index contributed by atoms with van der Waals surface area (Å²) >= 11 is 0. The molecule has 2 aromatic rings. The molecule has 0 unspecified atom stereocenters. The van der Waals surface area contributed by atoms with E-state index in [1.807, 2.05) is 63.2 Å². The van der Waals surface area contributed by atoms with E-state index in [9.17, 15) is 4.79 Å². The molecule has 1 N–H and O–H groups in total. The second-order valence-corrected chi connectivity index (χ2v) is 5.99. The van der Waals surface area contributed by atoms with E-state index in [1.165, 1.54) is 5.56 Å². The SMILES string of the molecule is COc1ccc(OC[C@@H](C)NC(=O)COc2ccc(C)c(C)c2)cc1. The molecule has 0 saturated carbocycles. The maximum absolute atomic E-state index is 12.0. The quantitative estimate of drug-likeness (QED) is 0.799. The van der Waals surface area contributed by atoms with Gasteiger partial charge in [-0.1, -0.05) is 6.07 Å². The van der Waals surface area contributed by atoms with Crippen LogP contribution in [0.1, 0.15) is 18.1 Å². The lowest BCUT2D eigenvalue weighted by atomic mass is 10.1. The first-order valence-corrected chi connectivity index (χ1v) is 8.24. The number of carbonyl (C=O) groups excluding carboxylic acids is 1. The summed E-state index contributed by atoms with van der Waals surface area (Å²) in [7, 11) is 1.62. The number of aryl methyl sites for hydroxylation is 2. The summed E-state index contributed by atoms with van der Waals surface area (Å²) in [4.78, 5) is 12.0. The van der Waals surface area contributed by atoms with Crippen LogP contribution in [0.15, 0.2) is 42.5 Å². The van der Waals surface area contributed by atoms with Crippen LogP contribution < -0.4 is 19.5 Å². The van der Waals surface area contributed by atoms with Crippen molar-refractivity contribution in [2.75, 3.05) is 20.3 Å². The van der Waals surface area contributed by atoms with Crippen molar-refractivity contribution < 1.29 is 19.0 Å². The summed E-state index contributed by atoms with van der Waals surface area (Å²) < 4.78 is 16.3. The second-order valence-electron chi connectivity index (χ2n) is 5.99. The number of rotatable bonds is 8. The Bertz CT molecular complexity index is 697. The zero-order valence-corrected chi connectivity index (χ0v) is 15.2. The number of ether oxygens (including phenoxy) is 3. The molecule has 5 heteroatoms. The smallest absolute Gasteiger partial charge is 0.258 e.